The Morgan fingerprint density at radius 1 is 1.11 bits per heavy atom. The van der Waals surface area contributed by atoms with E-state index in [4.69, 9.17) is 4.74 Å². The van der Waals surface area contributed by atoms with Crippen LogP contribution in [0.1, 0.15) is 41.8 Å². The van der Waals surface area contributed by atoms with Gasteiger partial charge in [-0.2, -0.15) is 9.49 Å². The van der Waals surface area contributed by atoms with Crippen molar-refractivity contribution in [3.05, 3.63) is 80.9 Å². The molecule has 0 atom stereocenters. The molecule has 5 rings (SSSR count). The van der Waals surface area contributed by atoms with Crippen LogP contribution in [0.25, 0.3) is 22.0 Å². The molecule has 1 aliphatic rings. The highest BCUT2D eigenvalue weighted by Gasteiger charge is 2.41. The van der Waals surface area contributed by atoms with Crippen LogP contribution in [-0.4, -0.2) is 37.8 Å². The molecular weight excluding hydrogens is 492 g/mol. The molecular formula is C29H31F2N3O4. The summed E-state index contributed by atoms with van der Waals surface area (Å²) in [7, 11) is 3.48. The largest absolute Gasteiger partial charge is 0.489 e. The van der Waals surface area contributed by atoms with E-state index in [9.17, 15) is 19.4 Å². The molecule has 0 aliphatic heterocycles. The maximum Gasteiger partial charge on any atom is 0.251 e. The summed E-state index contributed by atoms with van der Waals surface area (Å²) >= 11 is 0. The van der Waals surface area contributed by atoms with Crippen molar-refractivity contribution >= 4 is 10.9 Å². The number of hydrogen-bond acceptors (Lipinski definition) is 5. The minimum absolute atomic E-state index is 0.0564. The number of benzene rings is 2. The number of aliphatic hydroxyl groups is 2. The van der Waals surface area contributed by atoms with Crippen molar-refractivity contribution in [3.8, 4) is 16.9 Å². The zero-order valence-electron chi connectivity index (χ0n) is 21.7. The van der Waals surface area contributed by atoms with Crippen LogP contribution in [0.15, 0.2) is 41.2 Å². The van der Waals surface area contributed by atoms with E-state index in [1.165, 1.54) is 16.7 Å². The molecule has 2 heterocycles. The van der Waals surface area contributed by atoms with E-state index < -0.39 is 17.2 Å². The number of hydrogen-bond donors (Lipinski definition) is 2. The van der Waals surface area contributed by atoms with Crippen LogP contribution in [-0.2, 0) is 32.5 Å². The predicted octanol–water partition coefficient (Wildman–Crippen LogP) is 4.05. The second-order valence-corrected chi connectivity index (χ2v) is 10.0. The lowest BCUT2D eigenvalue weighted by atomic mass is 9.76. The van der Waals surface area contributed by atoms with Gasteiger partial charge in [0.05, 0.1) is 17.8 Å². The average Bonchev–Trinajstić information content (AvgIpc) is 3.17. The lowest BCUT2D eigenvalue weighted by molar-refractivity contribution is -0.0437. The van der Waals surface area contributed by atoms with Gasteiger partial charge in [-0.15, -0.1) is 0 Å². The zero-order chi connectivity index (χ0) is 27.2. The Labute approximate surface area is 218 Å². The Morgan fingerprint density at radius 3 is 2.55 bits per heavy atom. The number of ether oxygens (including phenoxy) is 1. The van der Waals surface area contributed by atoms with E-state index in [0.717, 1.165) is 29.1 Å². The molecule has 0 unspecified atom stereocenters. The molecule has 0 spiro atoms. The van der Waals surface area contributed by atoms with Gasteiger partial charge in [0.2, 0.25) is 5.82 Å². The Kier molecular flexibility index (Phi) is 6.83. The van der Waals surface area contributed by atoms with Gasteiger partial charge in [-0.05, 0) is 68.0 Å². The van der Waals surface area contributed by atoms with Crippen molar-refractivity contribution in [1.82, 2.24) is 14.3 Å². The summed E-state index contributed by atoms with van der Waals surface area (Å²) in [4.78, 5) is 12.3. The third-order valence-electron chi connectivity index (χ3n) is 7.75. The van der Waals surface area contributed by atoms with Gasteiger partial charge in [0, 0.05) is 55.4 Å². The van der Waals surface area contributed by atoms with E-state index >= 15 is 4.39 Å². The fourth-order valence-electron chi connectivity index (χ4n) is 5.25. The van der Waals surface area contributed by atoms with Gasteiger partial charge < -0.3 is 19.5 Å². The first-order valence-electron chi connectivity index (χ1n) is 12.7. The van der Waals surface area contributed by atoms with Gasteiger partial charge in [-0.1, -0.05) is 6.07 Å². The van der Waals surface area contributed by atoms with Crippen LogP contribution < -0.4 is 10.3 Å². The maximum absolute atomic E-state index is 15.1. The van der Waals surface area contributed by atoms with Crippen LogP contribution in [0.4, 0.5) is 8.78 Å². The standard InChI is InChI=1S/C29H31F2N3O4/c1-17-20(28(32-34(17)3)29(37)11-4-12-29)10-14-38-27-21(6-7-23(30)26(27)31)18-5-8-24-22(15-18)19(9-13-35)16-25(36)33(24)2/h5-8,15-16,35,37H,4,9-14H2,1-3H3. The molecule has 2 N–H and O–H groups in total. The number of fused-ring (bicyclic) bond motifs is 1. The van der Waals surface area contributed by atoms with Crippen LogP contribution >= 0.6 is 0 Å². The zero-order valence-corrected chi connectivity index (χ0v) is 21.7. The summed E-state index contributed by atoms with van der Waals surface area (Å²) in [6.07, 6.45) is 2.88. The normalized spacial score (nSPS) is 14.6. The van der Waals surface area contributed by atoms with Crippen molar-refractivity contribution < 1.29 is 23.7 Å². The highest BCUT2D eigenvalue weighted by Crippen LogP contribution is 2.42. The SMILES string of the molecule is Cc1c(CCOc2c(-c3ccc4c(c3)c(CCO)cc(=O)n4C)ccc(F)c2F)c(C2(O)CCC2)nn1C. The Hall–Kier alpha value is -3.56. The summed E-state index contributed by atoms with van der Waals surface area (Å²) < 4.78 is 38.5. The quantitative estimate of drug-likeness (QED) is 0.364. The molecule has 0 bridgehead atoms. The summed E-state index contributed by atoms with van der Waals surface area (Å²) in [5.41, 5.74) is 3.53. The van der Waals surface area contributed by atoms with Gasteiger partial charge in [0.15, 0.2) is 11.6 Å². The number of aliphatic hydroxyl groups excluding tert-OH is 1. The molecule has 9 heteroatoms. The minimum atomic E-state index is -1.08. The molecule has 200 valence electrons. The van der Waals surface area contributed by atoms with Crippen LogP contribution in [0.3, 0.4) is 0 Å². The molecule has 1 aliphatic carbocycles. The van der Waals surface area contributed by atoms with E-state index in [1.807, 2.05) is 14.0 Å². The number of pyridine rings is 1. The first-order chi connectivity index (χ1) is 18.1. The monoisotopic (exact) mass is 523 g/mol. The molecule has 2 aromatic carbocycles. The highest BCUT2D eigenvalue weighted by molar-refractivity contribution is 5.88. The molecule has 1 fully saturated rings. The van der Waals surface area contributed by atoms with Crippen molar-refractivity contribution in [2.24, 2.45) is 14.1 Å². The average molecular weight is 524 g/mol. The number of aryl methyl sites for hydroxylation is 2. The second kappa shape index (κ2) is 9.96. The Balaban J connectivity index is 1.50. The van der Waals surface area contributed by atoms with Crippen molar-refractivity contribution in [2.75, 3.05) is 13.2 Å². The molecule has 1 saturated carbocycles. The van der Waals surface area contributed by atoms with Crippen molar-refractivity contribution in [3.63, 3.8) is 0 Å². The summed E-state index contributed by atoms with van der Waals surface area (Å²) in [6, 6.07) is 9.30. The summed E-state index contributed by atoms with van der Waals surface area (Å²) in [5.74, 6) is -2.31. The minimum Gasteiger partial charge on any atom is -0.489 e. The van der Waals surface area contributed by atoms with Crippen LogP contribution in [0.2, 0.25) is 0 Å². The van der Waals surface area contributed by atoms with Crippen molar-refractivity contribution in [1.29, 1.82) is 0 Å². The summed E-state index contributed by atoms with van der Waals surface area (Å²) in [6.45, 7) is 1.84. The first-order valence-corrected chi connectivity index (χ1v) is 12.7. The number of aromatic nitrogens is 3. The molecule has 2 aromatic heterocycles. The van der Waals surface area contributed by atoms with Crippen molar-refractivity contribution in [2.45, 2.75) is 44.6 Å². The lowest BCUT2D eigenvalue weighted by Gasteiger charge is -2.35. The predicted molar refractivity (Wildman–Crippen MR) is 140 cm³/mol. The maximum atomic E-state index is 15.1. The smallest absolute Gasteiger partial charge is 0.251 e. The van der Waals surface area contributed by atoms with E-state index in [-0.39, 0.29) is 30.9 Å². The van der Waals surface area contributed by atoms with Crippen LogP contribution in [0.5, 0.6) is 5.75 Å². The summed E-state index contributed by atoms with van der Waals surface area (Å²) in [5, 5.41) is 25.7. The topological polar surface area (TPSA) is 89.5 Å². The number of nitrogens with zero attached hydrogens (tertiary/aromatic N) is 3. The van der Waals surface area contributed by atoms with E-state index in [1.54, 1.807) is 29.9 Å². The molecule has 38 heavy (non-hydrogen) atoms. The number of halogens is 2. The fourth-order valence-corrected chi connectivity index (χ4v) is 5.25. The highest BCUT2D eigenvalue weighted by atomic mass is 19.2. The van der Waals surface area contributed by atoms with Gasteiger partial charge in [0.1, 0.15) is 5.60 Å². The third-order valence-corrected chi connectivity index (χ3v) is 7.75. The fraction of sp³-hybridized carbons (Fsp3) is 0.379. The lowest BCUT2D eigenvalue weighted by Crippen LogP contribution is -2.35. The van der Waals surface area contributed by atoms with Gasteiger partial charge >= 0.3 is 0 Å². The second-order valence-electron chi connectivity index (χ2n) is 10.0. The van der Waals surface area contributed by atoms with E-state index in [2.05, 4.69) is 5.10 Å². The van der Waals surface area contributed by atoms with Gasteiger partial charge in [0.25, 0.3) is 5.56 Å². The van der Waals surface area contributed by atoms with Crippen LogP contribution in [0, 0.1) is 18.6 Å². The van der Waals surface area contributed by atoms with E-state index in [0.29, 0.717) is 47.2 Å². The molecule has 0 amide bonds. The molecule has 0 radical (unpaired) electrons. The molecule has 7 nitrogen and oxygen atoms in total. The van der Waals surface area contributed by atoms with Gasteiger partial charge in [-0.3, -0.25) is 9.48 Å². The molecule has 0 saturated heterocycles. The third kappa shape index (κ3) is 4.39. The Bertz CT molecular complexity index is 1590. The number of rotatable bonds is 8. The van der Waals surface area contributed by atoms with Gasteiger partial charge in [-0.25, -0.2) is 4.39 Å². The Morgan fingerprint density at radius 2 is 1.87 bits per heavy atom. The molecule has 4 aromatic rings. The first kappa shape index (κ1) is 26.1.